The zero-order valence-corrected chi connectivity index (χ0v) is 17.0. The summed E-state index contributed by atoms with van der Waals surface area (Å²) >= 11 is 1.68. The Hall–Kier alpha value is -2.90. The molecule has 0 aliphatic rings. The van der Waals surface area contributed by atoms with E-state index < -0.39 is 0 Å². The van der Waals surface area contributed by atoms with Crippen molar-refractivity contribution in [1.82, 2.24) is 19.9 Å². The molecule has 6 nitrogen and oxygen atoms in total. The summed E-state index contributed by atoms with van der Waals surface area (Å²) in [6, 6.07) is 12.3. The fraction of sp³-hybridized carbons (Fsp3) is 0.238. The quantitative estimate of drug-likeness (QED) is 0.474. The first-order valence-corrected chi connectivity index (χ1v) is 10.0. The van der Waals surface area contributed by atoms with Gasteiger partial charge in [0.05, 0.1) is 10.6 Å². The molecule has 0 bridgehead atoms. The van der Waals surface area contributed by atoms with Crippen LogP contribution in [-0.4, -0.2) is 47.0 Å². The SMILES string of the molecule is Cc1csc(-c2nc(Oc3ccc(NCCN(C)C)cc3)nc3[nH]ccc23)c1. The van der Waals surface area contributed by atoms with Crippen molar-refractivity contribution in [1.29, 1.82) is 0 Å². The number of anilines is 1. The molecule has 28 heavy (non-hydrogen) atoms. The molecule has 4 rings (SSSR count). The Bertz CT molecular complexity index is 1070. The standard InChI is InChI=1S/C21H23N5OS/c1-14-12-18(28-13-14)19-17-8-9-23-20(17)25-21(24-19)27-16-6-4-15(5-7-16)22-10-11-26(2)3/h4-9,12-13,22H,10-11H2,1-3H3,(H,23,24,25). The van der Waals surface area contributed by atoms with Gasteiger partial charge >= 0.3 is 6.01 Å². The lowest BCUT2D eigenvalue weighted by Gasteiger charge is -2.12. The van der Waals surface area contributed by atoms with Crippen LogP contribution in [0.3, 0.4) is 0 Å². The van der Waals surface area contributed by atoms with Gasteiger partial charge in [0, 0.05) is 30.4 Å². The number of H-pyrrole nitrogens is 1. The first kappa shape index (κ1) is 18.5. The van der Waals surface area contributed by atoms with Crippen molar-refractivity contribution in [2.24, 2.45) is 0 Å². The van der Waals surface area contributed by atoms with Crippen LogP contribution in [0.2, 0.25) is 0 Å². The number of hydrogen-bond acceptors (Lipinski definition) is 6. The molecule has 144 valence electrons. The van der Waals surface area contributed by atoms with Crippen LogP contribution >= 0.6 is 11.3 Å². The summed E-state index contributed by atoms with van der Waals surface area (Å²) in [5.74, 6) is 0.706. The molecule has 0 radical (unpaired) electrons. The summed E-state index contributed by atoms with van der Waals surface area (Å²) in [4.78, 5) is 15.6. The van der Waals surface area contributed by atoms with Crippen LogP contribution in [0.25, 0.3) is 21.6 Å². The van der Waals surface area contributed by atoms with E-state index >= 15 is 0 Å². The van der Waals surface area contributed by atoms with Crippen molar-refractivity contribution in [3.8, 4) is 22.3 Å². The predicted octanol–water partition coefficient (Wildman–Crippen LogP) is 4.76. The van der Waals surface area contributed by atoms with Crippen molar-refractivity contribution < 1.29 is 4.74 Å². The monoisotopic (exact) mass is 393 g/mol. The summed E-state index contributed by atoms with van der Waals surface area (Å²) in [6.07, 6.45) is 1.88. The van der Waals surface area contributed by atoms with Gasteiger partial charge in [-0.1, -0.05) is 0 Å². The minimum atomic E-state index is 0.337. The minimum Gasteiger partial charge on any atom is -0.424 e. The van der Waals surface area contributed by atoms with Crippen LogP contribution in [0.5, 0.6) is 11.8 Å². The molecule has 0 aliphatic heterocycles. The van der Waals surface area contributed by atoms with Crippen molar-refractivity contribution in [3.63, 3.8) is 0 Å². The Morgan fingerprint density at radius 3 is 2.68 bits per heavy atom. The maximum absolute atomic E-state index is 5.95. The van der Waals surface area contributed by atoms with Gasteiger partial charge in [0.1, 0.15) is 11.4 Å². The van der Waals surface area contributed by atoms with E-state index in [0.717, 1.165) is 40.4 Å². The lowest BCUT2D eigenvalue weighted by molar-refractivity contribution is 0.425. The number of likely N-dealkylation sites (N-methyl/N-ethyl adjacent to an activating group) is 1. The number of hydrogen-bond donors (Lipinski definition) is 2. The van der Waals surface area contributed by atoms with Gasteiger partial charge in [-0.2, -0.15) is 9.97 Å². The first-order valence-electron chi connectivity index (χ1n) is 9.15. The van der Waals surface area contributed by atoms with Gasteiger partial charge in [-0.3, -0.25) is 0 Å². The number of aryl methyl sites for hydroxylation is 1. The van der Waals surface area contributed by atoms with Crippen molar-refractivity contribution in [3.05, 3.63) is 53.5 Å². The summed E-state index contributed by atoms with van der Waals surface area (Å²) in [5.41, 5.74) is 3.95. The largest absolute Gasteiger partial charge is 0.424 e. The van der Waals surface area contributed by atoms with Gasteiger partial charge in [-0.05, 0) is 68.4 Å². The number of rotatable bonds is 7. The van der Waals surface area contributed by atoms with E-state index in [1.807, 2.05) is 36.5 Å². The number of aromatic nitrogens is 3. The van der Waals surface area contributed by atoms with Gasteiger partial charge in [0.15, 0.2) is 0 Å². The number of benzene rings is 1. The summed E-state index contributed by atoms with van der Waals surface area (Å²) in [5, 5.41) is 6.51. The van der Waals surface area contributed by atoms with Crippen LogP contribution in [0.1, 0.15) is 5.56 Å². The van der Waals surface area contributed by atoms with E-state index in [2.05, 4.69) is 57.6 Å². The summed E-state index contributed by atoms with van der Waals surface area (Å²) in [6.45, 7) is 3.96. The van der Waals surface area contributed by atoms with E-state index in [4.69, 9.17) is 4.74 Å². The predicted molar refractivity (Wildman–Crippen MR) is 115 cm³/mol. The Morgan fingerprint density at radius 2 is 1.96 bits per heavy atom. The topological polar surface area (TPSA) is 66.1 Å². The lowest BCUT2D eigenvalue weighted by Crippen LogP contribution is -2.20. The minimum absolute atomic E-state index is 0.337. The van der Waals surface area contributed by atoms with Crippen molar-refractivity contribution in [2.45, 2.75) is 6.92 Å². The first-order chi connectivity index (χ1) is 13.6. The molecule has 4 aromatic rings. The molecule has 0 atom stereocenters. The smallest absolute Gasteiger partial charge is 0.324 e. The number of nitrogens with one attached hydrogen (secondary N) is 2. The molecule has 2 N–H and O–H groups in total. The zero-order chi connectivity index (χ0) is 19.5. The van der Waals surface area contributed by atoms with Gasteiger partial charge in [0.25, 0.3) is 0 Å². The Balaban J connectivity index is 1.55. The average Bonchev–Trinajstić information content (AvgIpc) is 3.31. The normalized spacial score (nSPS) is 11.3. The van der Waals surface area contributed by atoms with Crippen LogP contribution in [0.15, 0.2) is 48.0 Å². The third-order valence-electron chi connectivity index (χ3n) is 4.31. The molecule has 3 heterocycles. The van der Waals surface area contributed by atoms with E-state index in [1.165, 1.54) is 5.56 Å². The molecule has 7 heteroatoms. The molecule has 0 saturated carbocycles. The molecule has 0 spiro atoms. The zero-order valence-electron chi connectivity index (χ0n) is 16.2. The van der Waals surface area contributed by atoms with Gasteiger partial charge in [0.2, 0.25) is 0 Å². The van der Waals surface area contributed by atoms with E-state index in [-0.39, 0.29) is 0 Å². The van der Waals surface area contributed by atoms with Crippen LogP contribution in [0.4, 0.5) is 5.69 Å². The highest BCUT2D eigenvalue weighted by atomic mass is 32.1. The number of aromatic amines is 1. The molecule has 1 aromatic carbocycles. The van der Waals surface area contributed by atoms with Gasteiger partial charge in [-0.25, -0.2) is 0 Å². The number of nitrogens with zero attached hydrogens (tertiary/aromatic N) is 3. The Labute approximate surface area is 168 Å². The summed E-state index contributed by atoms with van der Waals surface area (Å²) < 4.78 is 5.95. The molecule has 0 unspecified atom stereocenters. The second-order valence-electron chi connectivity index (χ2n) is 6.94. The average molecular weight is 394 g/mol. The van der Waals surface area contributed by atoms with Gasteiger partial charge in [-0.15, -0.1) is 11.3 Å². The van der Waals surface area contributed by atoms with E-state index in [1.54, 1.807) is 11.3 Å². The molecule has 3 aromatic heterocycles. The Kier molecular flexibility index (Phi) is 5.27. The second kappa shape index (κ2) is 8.00. The van der Waals surface area contributed by atoms with Gasteiger partial charge < -0.3 is 19.9 Å². The third-order valence-corrected chi connectivity index (χ3v) is 5.37. The fourth-order valence-electron chi connectivity index (χ4n) is 2.88. The maximum Gasteiger partial charge on any atom is 0.324 e. The van der Waals surface area contributed by atoms with E-state index in [9.17, 15) is 0 Å². The maximum atomic E-state index is 5.95. The number of ether oxygens (including phenoxy) is 1. The lowest BCUT2D eigenvalue weighted by atomic mass is 10.2. The van der Waals surface area contributed by atoms with Crippen molar-refractivity contribution in [2.75, 3.05) is 32.5 Å². The molecular weight excluding hydrogens is 370 g/mol. The van der Waals surface area contributed by atoms with Crippen molar-refractivity contribution >= 4 is 28.1 Å². The third kappa shape index (κ3) is 4.16. The molecule has 0 saturated heterocycles. The van der Waals surface area contributed by atoms with E-state index in [0.29, 0.717) is 11.8 Å². The second-order valence-corrected chi connectivity index (χ2v) is 7.85. The molecule has 0 fully saturated rings. The number of thiophene rings is 1. The molecule has 0 amide bonds. The van der Waals surface area contributed by atoms with Crippen LogP contribution in [-0.2, 0) is 0 Å². The van der Waals surface area contributed by atoms with Crippen LogP contribution in [0, 0.1) is 6.92 Å². The molecule has 0 aliphatic carbocycles. The fourth-order valence-corrected chi connectivity index (χ4v) is 3.78. The summed E-state index contributed by atoms with van der Waals surface area (Å²) in [7, 11) is 4.12. The highest BCUT2D eigenvalue weighted by Crippen LogP contribution is 2.33. The highest BCUT2D eigenvalue weighted by Gasteiger charge is 2.13. The highest BCUT2D eigenvalue weighted by molar-refractivity contribution is 7.13. The number of fused-ring (bicyclic) bond motifs is 1. The Morgan fingerprint density at radius 1 is 1.14 bits per heavy atom. The van der Waals surface area contributed by atoms with Crippen LogP contribution < -0.4 is 10.1 Å². The molecular formula is C21H23N5OS.